The predicted octanol–water partition coefficient (Wildman–Crippen LogP) is 5.32. The number of aromatic nitrogens is 1. The fraction of sp³-hybridized carbons (Fsp3) is 0. The van der Waals surface area contributed by atoms with E-state index in [1.165, 1.54) is 0 Å². The molecule has 1 nitrogen and oxygen atoms in total. The number of nitrogens with zero attached hydrogens (tertiary/aromatic N) is 1. The van der Waals surface area contributed by atoms with Gasteiger partial charge < -0.3 is 0 Å². The zero-order valence-corrected chi connectivity index (χ0v) is 11.7. The Kier molecular flexibility index (Phi) is 3.06. The first-order valence-electron chi connectivity index (χ1n) is 5.55. The average molecular weight is 319 g/mol. The van der Waals surface area contributed by atoms with Crippen molar-refractivity contribution < 1.29 is 0 Å². The lowest BCUT2D eigenvalue weighted by Gasteiger charge is -2.07. The Bertz CT molecular complexity index is 710. The van der Waals surface area contributed by atoms with E-state index in [4.69, 9.17) is 11.6 Å². The van der Waals surface area contributed by atoms with Gasteiger partial charge in [-0.3, -0.25) is 0 Å². The molecule has 0 spiro atoms. The Morgan fingerprint density at radius 3 is 2.50 bits per heavy atom. The van der Waals surface area contributed by atoms with Crippen LogP contribution in [-0.2, 0) is 0 Å². The van der Waals surface area contributed by atoms with Crippen molar-refractivity contribution in [1.29, 1.82) is 0 Å². The Morgan fingerprint density at radius 1 is 0.944 bits per heavy atom. The van der Waals surface area contributed by atoms with E-state index in [1.54, 1.807) is 0 Å². The van der Waals surface area contributed by atoms with Gasteiger partial charge in [0, 0.05) is 9.86 Å². The summed E-state index contributed by atoms with van der Waals surface area (Å²) in [5, 5.41) is 1.61. The highest BCUT2D eigenvalue weighted by Gasteiger charge is 2.07. The smallest absolute Gasteiger partial charge is 0.130 e. The molecule has 0 amide bonds. The largest absolute Gasteiger partial charge is 0.236 e. The van der Waals surface area contributed by atoms with E-state index in [9.17, 15) is 0 Å². The molecule has 0 saturated heterocycles. The predicted molar refractivity (Wildman–Crippen MR) is 79.9 cm³/mol. The summed E-state index contributed by atoms with van der Waals surface area (Å²) in [4.78, 5) is 4.35. The second kappa shape index (κ2) is 4.71. The first-order valence-corrected chi connectivity index (χ1v) is 6.72. The minimum Gasteiger partial charge on any atom is -0.236 e. The van der Waals surface area contributed by atoms with Crippen LogP contribution in [0.2, 0.25) is 5.15 Å². The number of fused-ring (bicyclic) bond motifs is 1. The Balaban J connectivity index is 2.37. The number of rotatable bonds is 1. The van der Waals surface area contributed by atoms with E-state index >= 15 is 0 Å². The summed E-state index contributed by atoms with van der Waals surface area (Å²) < 4.78 is 1.04. The zero-order valence-electron chi connectivity index (χ0n) is 9.40. The molecule has 0 aliphatic heterocycles. The Morgan fingerprint density at radius 2 is 1.72 bits per heavy atom. The van der Waals surface area contributed by atoms with Crippen molar-refractivity contribution >= 4 is 38.4 Å². The van der Waals surface area contributed by atoms with E-state index in [2.05, 4.69) is 39.1 Å². The minimum atomic E-state index is 0.517. The molecule has 1 heterocycles. The van der Waals surface area contributed by atoms with Gasteiger partial charge in [0.25, 0.3) is 0 Å². The fourth-order valence-electron chi connectivity index (χ4n) is 2.02. The van der Waals surface area contributed by atoms with Crippen LogP contribution in [-0.4, -0.2) is 4.98 Å². The molecule has 0 unspecified atom stereocenters. The van der Waals surface area contributed by atoms with E-state index < -0.39 is 0 Å². The van der Waals surface area contributed by atoms with Crippen molar-refractivity contribution in [1.82, 2.24) is 4.98 Å². The molecule has 88 valence electrons. The van der Waals surface area contributed by atoms with Crippen molar-refractivity contribution in [3.63, 3.8) is 0 Å². The molecule has 3 heteroatoms. The minimum absolute atomic E-state index is 0.517. The van der Waals surface area contributed by atoms with Gasteiger partial charge in [-0.2, -0.15) is 0 Å². The van der Waals surface area contributed by atoms with Crippen molar-refractivity contribution in [2.75, 3.05) is 0 Å². The number of hydrogen-bond donors (Lipinski definition) is 0. The van der Waals surface area contributed by atoms with E-state index in [1.807, 2.05) is 36.4 Å². The number of pyridine rings is 1. The van der Waals surface area contributed by atoms with Crippen LogP contribution in [0.25, 0.3) is 22.0 Å². The van der Waals surface area contributed by atoms with E-state index in [0.29, 0.717) is 5.15 Å². The van der Waals surface area contributed by atoms with Crippen molar-refractivity contribution in [2.45, 2.75) is 0 Å². The molecule has 2 aromatic carbocycles. The highest BCUT2D eigenvalue weighted by Crippen LogP contribution is 2.31. The lowest BCUT2D eigenvalue weighted by atomic mass is 10.0. The maximum absolute atomic E-state index is 6.09. The van der Waals surface area contributed by atoms with Crippen LogP contribution in [0.5, 0.6) is 0 Å². The molecule has 0 atom stereocenters. The van der Waals surface area contributed by atoms with Crippen molar-refractivity contribution in [3.05, 3.63) is 64.2 Å². The van der Waals surface area contributed by atoms with Crippen LogP contribution in [0, 0.1) is 0 Å². The summed E-state index contributed by atoms with van der Waals surface area (Å²) in [6.45, 7) is 0. The van der Waals surface area contributed by atoms with Gasteiger partial charge >= 0.3 is 0 Å². The van der Waals surface area contributed by atoms with Crippen LogP contribution in [0.3, 0.4) is 0 Å². The van der Waals surface area contributed by atoms with Crippen LogP contribution in [0.4, 0.5) is 0 Å². The standard InChI is InChI=1S/C15H9BrClN/c16-11-6-7-14-13(8-11)12(9-15(17)18-14)10-4-2-1-3-5-10/h1-9H. The van der Waals surface area contributed by atoms with Gasteiger partial charge in [-0.05, 0) is 35.4 Å². The molecule has 0 aliphatic rings. The first kappa shape index (κ1) is 11.7. The summed E-state index contributed by atoms with van der Waals surface area (Å²) in [6, 6.07) is 18.1. The van der Waals surface area contributed by atoms with Crippen LogP contribution in [0.15, 0.2) is 59.1 Å². The third kappa shape index (κ3) is 2.14. The number of benzene rings is 2. The SMILES string of the molecule is Clc1cc(-c2ccccc2)c2cc(Br)ccc2n1. The van der Waals surface area contributed by atoms with Crippen molar-refractivity contribution in [3.8, 4) is 11.1 Å². The van der Waals surface area contributed by atoms with E-state index in [0.717, 1.165) is 26.5 Å². The monoisotopic (exact) mass is 317 g/mol. The summed E-state index contributed by atoms with van der Waals surface area (Å²) in [5.41, 5.74) is 3.15. The lowest BCUT2D eigenvalue weighted by Crippen LogP contribution is -1.86. The molecule has 3 aromatic rings. The third-order valence-electron chi connectivity index (χ3n) is 2.82. The number of halogens is 2. The Labute approximate surface area is 119 Å². The molecule has 0 saturated carbocycles. The van der Waals surface area contributed by atoms with Gasteiger partial charge in [-0.25, -0.2) is 4.98 Å². The molecular formula is C15H9BrClN. The summed E-state index contributed by atoms with van der Waals surface area (Å²) in [5.74, 6) is 0. The zero-order chi connectivity index (χ0) is 12.5. The quantitative estimate of drug-likeness (QED) is 0.553. The van der Waals surface area contributed by atoms with Gasteiger partial charge in [0.05, 0.1) is 5.52 Å². The molecule has 18 heavy (non-hydrogen) atoms. The third-order valence-corrected chi connectivity index (χ3v) is 3.51. The van der Waals surface area contributed by atoms with Gasteiger partial charge in [0.15, 0.2) is 0 Å². The summed E-state index contributed by atoms with van der Waals surface area (Å²) in [7, 11) is 0. The normalized spacial score (nSPS) is 10.8. The molecule has 0 radical (unpaired) electrons. The van der Waals surface area contributed by atoms with Gasteiger partial charge in [0.2, 0.25) is 0 Å². The van der Waals surface area contributed by atoms with E-state index in [-0.39, 0.29) is 0 Å². The topological polar surface area (TPSA) is 12.9 Å². The van der Waals surface area contributed by atoms with Crippen LogP contribution < -0.4 is 0 Å². The molecule has 0 bridgehead atoms. The highest BCUT2D eigenvalue weighted by molar-refractivity contribution is 9.10. The summed E-state index contributed by atoms with van der Waals surface area (Å²) in [6.07, 6.45) is 0. The molecular weight excluding hydrogens is 310 g/mol. The second-order valence-electron chi connectivity index (χ2n) is 4.02. The average Bonchev–Trinajstić information content (AvgIpc) is 2.39. The van der Waals surface area contributed by atoms with Gasteiger partial charge in [-0.15, -0.1) is 0 Å². The maximum atomic E-state index is 6.09. The molecule has 1 aromatic heterocycles. The first-order chi connectivity index (χ1) is 8.74. The maximum Gasteiger partial charge on any atom is 0.130 e. The Hall–Kier alpha value is -1.38. The molecule has 0 N–H and O–H groups in total. The second-order valence-corrected chi connectivity index (χ2v) is 5.32. The van der Waals surface area contributed by atoms with Crippen LogP contribution >= 0.6 is 27.5 Å². The molecule has 3 rings (SSSR count). The van der Waals surface area contributed by atoms with Crippen LogP contribution in [0.1, 0.15) is 0 Å². The fourth-order valence-corrected chi connectivity index (χ4v) is 2.58. The number of hydrogen-bond acceptors (Lipinski definition) is 1. The molecule has 0 fully saturated rings. The summed E-state index contributed by atoms with van der Waals surface area (Å²) >= 11 is 9.59. The van der Waals surface area contributed by atoms with Gasteiger partial charge in [0.1, 0.15) is 5.15 Å². The van der Waals surface area contributed by atoms with Gasteiger partial charge in [-0.1, -0.05) is 57.9 Å². The highest BCUT2D eigenvalue weighted by atomic mass is 79.9. The molecule has 0 aliphatic carbocycles. The lowest BCUT2D eigenvalue weighted by molar-refractivity contribution is 1.41. The van der Waals surface area contributed by atoms with Crippen molar-refractivity contribution in [2.24, 2.45) is 0 Å².